The first-order valence-electron chi connectivity index (χ1n) is 7.14. The molecular formula is C18H22O2. The fourth-order valence-electron chi connectivity index (χ4n) is 2.01. The molecule has 2 heteroatoms. The highest BCUT2D eigenvalue weighted by atomic mass is 16.7. The molecule has 0 heterocycles. The Labute approximate surface area is 121 Å². The van der Waals surface area contributed by atoms with Gasteiger partial charge in [-0.25, -0.2) is 0 Å². The third kappa shape index (κ3) is 3.84. The van der Waals surface area contributed by atoms with Gasteiger partial charge < -0.3 is 9.47 Å². The van der Waals surface area contributed by atoms with E-state index in [4.69, 9.17) is 9.47 Å². The molecule has 2 rings (SSSR count). The minimum atomic E-state index is -0.355. The highest BCUT2D eigenvalue weighted by Crippen LogP contribution is 2.25. The molecule has 0 spiro atoms. The number of rotatable bonds is 6. The van der Waals surface area contributed by atoms with Crippen molar-refractivity contribution in [3.63, 3.8) is 0 Å². The van der Waals surface area contributed by atoms with E-state index in [1.165, 1.54) is 5.56 Å². The molecule has 2 nitrogen and oxygen atoms in total. The Balaban J connectivity index is 2.12. The molecule has 2 aromatic rings. The van der Waals surface area contributed by atoms with Crippen LogP contribution >= 0.6 is 0 Å². The maximum atomic E-state index is 5.95. The molecule has 0 fully saturated rings. The fourth-order valence-corrected chi connectivity index (χ4v) is 2.01. The zero-order valence-corrected chi connectivity index (χ0v) is 12.4. The second-order valence-corrected chi connectivity index (χ2v) is 5.04. The van der Waals surface area contributed by atoms with Crippen molar-refractivity contribution >= 4 is 0 Å². The van der Waals surface area contributed by atoms with Gasteiger partial charge in [-0.2, -0.15) is 0 Å². The van der Waals surface area contributed by atoms with Gasteiger partial charge in [0, 0.05) is 12.2 Å². The Morgan fingerprint density at radius 3 is 2.05 bits per heavy atom. The summed E-state index contributed by atoms with van der Waals surface area (Å²) in [5.74, 6) is 1.36. The summed E-state index contributed by atoms with van der Waals surface area (Å²) in [6.45, 7) is 6.95. The summed E-state index contributed by atoms with van der Waals surface area (Å²) in [6, 6.07) is 18.2. The minimum Gasteiger partial charge on any atom is -0.461 e. The van der Waals surface area contributed by atoms with Crippen LogP contribution in [0.15, 0.2) is 54.6 Å². The Kier molecular flexibility index (Phi) is 5.19. The van der Waals surface area contributed by atoms with Crippen LogP contribution in [0, 0.1) is 0 Å². The minimum absolute atomic E-state index is 0.355. The lowest BCUT2D eigenvalue weighted by Crippen LogP contribution is -2.11. The standard InChI is InChI=1S/C18H22O2/c1-4-19-18(16-8-6-5-7-9-16)20-17-12-10-15(11-13-17)14(2)3/h5-14,18H,4H2,1-3H3. The maximum Gasteiger partial charge on any atom is 0.226 e. The molecule has 0 N–H and O–H groups in total. The van der Waals surface area contributed by atoms with Crippen LogP contribution in [-0.4, -0.2) is 6.61 Å². The van der Waals surface area contributed by atoms with Gasteiger partial charge in [-0.1, -0.05) is 56.3 Å². The lowest BCUT2D eigenvalue weighted by atomic mass is 10.0. The van der Waals surface area contributed by atoms with Crippen molar-refractivity contribution in [1.29, 1.82) is 0 Å². The second-order valence-electron chi connectivity index (χ2n) is 5.04. The van der Waals surface area contributed by atoms with E-state index in [0.717, 1.165) is 11.3 Å². The number of benzene rings is 2. The van der Waals surface area contributed by atoms with E-state index >= 15 is 0 Å². The molecule has 0 aromatic heterocycles. The summed E-state index contributed by atoms with van der Waals surface area (Å²) in [5, 5.41) is 0. The van der Waals surface area contributed by atoms with Gasteiger partial charge in [-0.15, -0.1) is 0 Å². The Hall–Kier alpha value is -1.80. The summed E-state index contributed by atoms with van der Waals surface area (Å²) in [6.07, 6.45) is -0.355. The Morgan fingerprint density at radius 1 is 0.850 bits per heavy atom. The van der Waals surface area contributed by atoms with Crippen LogP contribution in [0.25, 0.3) is 0 Å². The van der Waals surface area contributed by atoms with Crippen LogP contribution in [0.4, 0.5) is 0 Å². The fraction of sp³-hybridized carbons (Fsp3) is 0.333. The van der Waals surface area contributed by atoms with E-state index in [-0.39, 0.29) is 6.29 Å². The quantitative estimate of drug-likeness (QED) is 0.693. The van der Waals surface area contributed by atoms with E-state index in [2.05, 4.69) is 26.0 Å². The van der Waals surface area contributed by atoms with E-state index in [1.807, 2.05) is 49.4 Å². The zero-order valence-electron chi connectivity index (χ0n) is 12.4. The molecule has 0 saturated carbocycles. The van der Waals surface area contributed by atoms with Gasteiger partial charge >= 0.3 is 0 Å². The first-order chi connectivity index (χ1) is 9.70. The predicted molar refractivity (Wildman–Crippen MR) is 82.0 cm³/mol. The highest BCUT2D eigenvalue weighted by molar-refractivity contribution is 5.29. The topological polar surface area (TPSA) is 18.5 Å². The Morgan fingerprint density at radius 2 is 1.50 bits per heavy atom. The first-order valence-corrected chi connectivity index (χ1v) is 7.14. The van der Waals surface area contributed by atoms with E-state index < -0.39 is 0 Å². The molecule has 20 heavy (non-hydrogen) atoms. The van der Waals surface area contributed by atoms with Gasteiger partial charge in [-0.05, 0) is 30.5 Å². The highest BCUT2D eigenvalue weighted by Gasteiger charge is 2.12. The van der Waals surface area contributed by atoms with Gasteiger partial charge in [0.05, 0.1) is 0 Å². The molecule has 1 unspecified atom stereocenters. The van der Waals surface area contributed by atoms with Gasteiger partial charge in [0.15, 0.2) is 0 Å². The average Bonchev–Trinajstić information content (AvgIpc) is 2.48. The summed E-state index contributed by atoms with van der Waals surface area (Å²) in [4.78, 5) is 0. The summed E-state index contributed by atoms with van der Waals surface area (Å²) in [7, 11) is 0. The van der Waals surface area contributed by atoms with Crippen LogP contribution < -0.4 is 4.74 Å². The molecule has 0 aliphatic heterocycles. The largest absolute Gasteiger partial charge is 0.461 e. The predicted octanol–water partition coefficient (Wildman–Crippen LogP) is 4.92. The molecular weight excluding hydrogens is 248 g/mol. The molecule has 0 amide bonds. The van der Waals surface area contributed by atoms with Crippen LogP contribution in [-0.2, 0) is 4.74 Å². The molecule has 0 aliphatic carbocycles. The first kappa shape index (κ1) is 14.6. The van der Waals surface area contributed by atoms with Crippen LogP contribution in [0.1, 0.15) is 44.1 Å². The molecule has 0 radical (unpaired) electrons. The lowest BCUT2D eigenvalue weighted by Gasteiger charge is -2.19. The maximum absolute atomic E-state index is 5.95. The summed E-state index contributed by atoms with van der Waals surface area (Å²) in [5.41, 5.74) is 2.34. The van der Waals surface area contributed by atoms with Gasteiger partial charge in [0.2, 0.25) is 6.29 Å². The molecule has 1 atom stereocenters. The normalized spacial score (nSPS) is 12.4. The molecule has 2 aromatic carbocycles. The van der Waals surface area contributed by atoms with E-state index in [0.29, 0.717) is 12.5 Å². The third-order valence-corrected chi connectivity index (χ3v) is 3.18. The van der Waals surface area contributed by atoms with Crippen molar-refractivity contribution in [3.8, 4) is 5.75 Å². The SMILES string of the molecule is CCOC(Oc1ccc(C(C)C)cc1)c1ccccc1. The Bertz CT molecular complexity index is 503. The van der Waals surface area contributed by atoms with E-state index in [1.54, 1.807) is 0 Å². The zero-order chi connectivity index (χ0) is 14.4. The number of ether oxygens (including phenoxy) is 2. The molecule has 0 saturated heterocycles. The van der Waals surface area contributed by atoms with Crippen molar-refractivity contribution in [1.82, 2.24) is 0 Å². The summed E-state index contributed by atoms with van der Waals surface area (Å²) >= 11 is 0. The van der Waals surface area contributed by atoms with Gasteiger partial charge in [0.1, 0.15) is 5.75 Å². The van der Waals surface area contributed by atoms with Crippen LogP contribution in [0.5, 0.6) is 5.75 Å². The lowest BCUT2D eigenvalue weighted by molar-refractivity contribution is -0.0786. The smallest absolute Gasteiger partial charge is 0.226 e. The number of hydrogen-bond donors (Lipinski definition) is 0. The van der Waals surface area contributed by atoms with Crippen molar-refractivity contribution in [2.45, 2.75) is 33.0 Å². The third-order valence-electron chi connectivity index (χ3n) is 3.18. The van der Waals surface area contributed by atoms with Crippen molar-refractivity contribution < 1.29 is 9.47 Å². The van der Waals surface area contributed by atoms with Crippen LogP contribution in [0.3, 0.4) is 0 Å². The number of hydrogen-bond acceptors (Lipinski definition) is 2. The van der Waals surface area contributed by atoms with Crippen LogP contribution in [0.2, 0.25) is 0 Å². The van der Waals surface area contributed by atoms with Crippen molar-refractivity contribution in [3.05, 3.63) is 65.7 Å². The molecule has 0 aliphatic rings. The average molecular weight is 270 g/mol. The summed E-state index contributed by atoms with van der Waals surface area (Å²) < 4.78 is 11.6. The van der Waals surface area contributed by atoms with Gasteiger partial charge in [-0.3, -0.25) is 0 Å². The monoisotopic (exact) mass is 270 g/mol. The molecule has 106 valence electrons. The van der Waals surface area contributed by atoms with E-state index in [9.17, 15) is 0 Å². The second kappa shape index (κ2) is 7.11. The van der Waals surface area contributed by atoms with Crippen molar-refractivity contribution in [2.24, 2.45) is 0 Å². The molecule has 0 bridgehead atoms. The van der Waals surface area contributed by atoms with Crippen molar-refractivity contribution in [2.75, 3.05) is 6.61 Å². The van der Waals surface area contributed by atoms with Gasteiger partial charge in [0.25, 0.3) is 0 Å².